The Kier molecular flexibility index (Phi) is 6.17. The molecule has 0 aromatic heterocycles. The number of ether oxygens (including phenoxy) is 1. The quantitative estimate of drug-likeness (QED) is 0.533. The summed E-state index contributed by atoms with van der Waals surface area (Å²) in [5.74, 6) is -0.0282. The number of carbonyl (C=O) groups excluding carboxylic acids is 2. The third-order valence-electron chi connectivity index (χ3n) is 2.08. The number of nitrogens with one attached hydrogen (secondary N) is 1. The average molecular weight is 215 g/mol. The number of hydrogen-bond donors (Lipinski definition) is 1. The van der Waals surface area contributed by atoms with Crippen molar-refractivity contribution in [3.63, 3.8) is 0 Å². The van der Waals surface area contributed by atoms with Gasteiger partial charge in [-0.1, -0.05) is 20.8 Å². The van der Waals surface area contributed by atoms with Crippen LogP contribution in [0.4, 0.5) is 0 Å². The van der Waals surface area contributed by atoms with Crippen molar-refractivity contribution in [3.8, 4) is 0 Å². The Balaban J connectivity index is 3.48. The summed E-state index contributed by atoms with van der Waals surface area (Å²) in [6.07, 6.45) is 1.09. The summed E-state index contributed by atoms with van der Waals surface area (Å²) in [7, 11) is 1.37. The number of Topliss-reactive ketones (excluding diaryl/α,β-unsaturated/α-hetero) is 1. The van der Waals surface area contributed by atoms with Crippen molar-refractivity contribution in [2.45, 2.75) is 33.6 Å². The maximum Gasteiger partial charge on any atom is 0.305 e. The summed E-state index contributed by atoms with van der Waals surface area (Å²) >= 11 is 0. The first kappa shape index (κ1) is 14.1. The third-order valence-corrected chi connectivity index (χ3v) is 2.08. The minimum Gasteiger partial charge on any atom is -0.469 e. The van der Waals surface area contributed by atoms with Gasteiger partial charge in [-0.25, -0.2) is 0 Å². The van der Waals surface area contributed by atoms with Gasteiger partial charge in [-0.3, -0.25) is 9.59 Å². The molecule has 4 heteroatoms. The molecule has 0 fully saturated rings. The number of rotatable bonds is 6. The van der Waals surface area contributed by atoms with E-state index >= 15 is 0 Å². The van der Waals surface area contributed by atoms with E-state index in [1.54, 1.807) is 0 Å². The Morgan fingerprint density at radius 3 is 2.33 bits per heavy atom. The molecule has 0 amide bonds. The lowest BCUT2D eigenvalue weighted by Crippen LogP contribution is -2.32. The van der Waals surface area contributed by atoms with E-state index in [9.17, 15) is 9.59 Å². The molecule has 0 aromatic rings. The van der Waals surface area contributed by atoms with E-state index in [1.807, 2.05) is 20.8 Å². The second-order valence-electron chi connectivity index (χ2n) is 4.53. The van der Waals surface area contributed by atoms with E-state index < -0.39 is 0 Å². The minimum atomic E-state index is -0.296. The van der Waals surface area contributed by atoms with Crippen molar-refractivity contribution in [2.75, 3.05) is 20.2 Å². The van der Waals surface area contributed by atoms with Crippen molar-refractivity contribution in [2.24, 2.45) is 5.41 Å². The van der Waals surface area contributed by atoms with Gasteiger partial charge < -0.3 is 10.1 Å². The molecule has 0 aliphatic rings. The molecule has 0 spiro atoms. The molecule has 0 bridgehead atoms. The first-order valence-electron chi connectivity index (χ1n) is 5.18. The van der Waals surface area contributed by atoms with Gasteiger partial charge >= 0.3 is 5.97 Å². The van der Waals surface area contributed by atoms with Crippen LogP contribution in [-0.4, -0.2) is 32.0 Å². The molecule has 1 N–H and O–H groups in total. The molecule has 88 valence electrons. The van der Waals surface area contributed by atoms with E-state index in [-0.39, 0.29) is 17.2 Å². The topological polar surface area (TPSA) is 55.4 Å². The highest BCUT2D eigenvalue weighted by Crippen LogP contribution is 2.13. The van der Waals surface area contributed by atoms with Gasteiger partial charge in [-0.15, -0.1) is 0 Å². The zero-order valence-corrected chi connectivity index (χ0v) is 10.1. The normalized spacial score (nSPS) is 11.2. The lowest BCUT2D eigenvalue weighted by atomic mass is 9.91. The Bertz CT molecular complexity index is 218. The van der Waals surface area contributed by atoms with Crippen LogP contribution in [0, 0.1) is 5.41 Å². The number of carbonyl (C=O) groups is 2. The summed E-state index contributed by atoms with van der Waals surface area (Å²) in [4.78, 5) is 22.2. The van der Waals surface area contributed by atoms with Crippen molar-refractivity contribution in [3.05, 3.63) is 0 Å². The average Bonchev–Trinajstić information content (AvgIpc) is 2.15. The largest absolute Gasteiger partial charge is 0.469 e. The van der Waals surface area contributed by atoms with Crippen LogP contribution >= 0.6 is 0 Å². The maximum atomic E-state index is 11.5. The van der Waals surface area contributed by atoms with Crippen LogP contribution < -0.4 is 5.32 Å². The van der Waals surface area contributed by atoms with Gasteiger partial charge in [0.05, 0.1) is 13.7 Å². The smallest absolute Gasteiger partial charge is 0.305 e. The van der Waals surface area contributed by atoms with Crippen molar-refractivity contribution >= 4 is 11.8 Å². The zero-order valence-electron chi connectivity index (χ0n) is 10.1. The minimum absolute atomic E-state index is 0.181. The van der Waals surface area contributed by atoms with E-state index in [0.717, 1.165) is 0 Å². The summed E-state index contributed by atoms with van der Waals surface area (Å²) in [5, 5.41) is 3.01. The molecule has 0 unspecified atom stereocenters. The van der Waals surface area contributed by atoms with Crippen molar-refractivity contribution in [1.29, 1.82) is 0 Å². The molecule has 0 saturated heterocycles. The van der Waals surface area contributed by atoms with Gasteiger partial charge in [0, 0.05) is 11.8 Å². The first-order chi connectivity index (χ1) is 6.88. The molecule has 15 heavy (non-hydrogen) atoms. The molecular weight excluding hydrogens is 194 g/mol. The zero-order chi connectivity index (χ0) is 11.9. The van der Waals surface area contributed by atoms with E-state index in [0.29, 0.717) is 25.9 Å². The van der Waals surface area contributed by atoms with Gasteiger partial charge in [0.25, 0.3) is 0 Å². The Labute approximate surface area is 91.4 Å². The lowest BCUT2D eigenvalue weighted by molar-refractivity contribution is -0.140. The summed E-state index contributed by atoms with van der Waals surface area (Å²) < 4.78 is 4.50. The predicted molar refractivity (Wildman–Crippen MR) is 58.6 cm³/mol. The number of ketones is 1. The predicted octanol–water partition coefficient (Wildman–Crippen LogP) is 1.14. The lowest BCUT2D eigenvalue weighted by Gasteiger charge is -2.16. The van der Waals surface area contributed by atoms with Crippen LogP contribution in [0.1, 0.15) is 33.6 Å². The highest BCUT2D eigenvalue weighted by molar-refractivity contribution is 5.85. The van der Waals surface area contributed by atoms with Gasteiger partial charge in [-0.2, -0.15) is 0 Å². The fourth-order valence-corrected chi connectivity index (χ4v) is 0.927. The number of methoxy groups -OCH3 is 1. The fraction of sp³-hybridized carbons (Fsp3) is 0.818. The first-order valence-corrected chi connectivity index (χ1v) is 5.18. The van der Waals surface area contributed by atoms with Crippen molar-refractivity contribution in [1.82, 2.24) is 5.32 Å². The van der Waals surface area contributed by atoms with Gasteiger partial charge in [0.1, 0.15) is 0 Å². The highest BCUT2D eigenvalue weighted by atomic mass is 16.5. The molecule has 4 nitrogen and oxygen atoms in total. The maximum absolute atomic E-state index is 11.5. The number of esters is 1. The molecule has 0 atom stereocenters. The second-order valence-corrected chi connectivity index (χ2v) is 4.53. The molecule has 0 aliphatic carbocycles. The SMILES string of the molecule is COC(=O)CCCNCC(=O)C(C)(C)C. The molecule has 0 radical (unpaired) electrons. The monoisotopic (exact) mass is 215 g/mol. The van der Waals surface area contributed by atoms with Crippen molar-refractivity contribution < 1.29 is 14.3 Å². The molecule has 0 rings (SSSR count). The molecular formula is C11H21NO3. The summed E-state index contributed by atoms with van der Waals surface area (Å²) in [6, 6.07) is 0. The summed E-state index contributed by atoms with van der Waals surface area (Å²) in [5.41, 5.74) is -0.296. The highest BCUT2D eigenvalue weighted by Gasteiger charge is 2.19. The number of hydrogen-bond acceptors (Lipinski definition) is 4. The van der Waals surface area contributed by atoms with E-state index in [1.165, 1.54) is 7.11 Å². The van der Waals surface area contributed by atoms with Crippen LogP contribution in [0.2, 0.25) is 0 Å². The van der Waals surface area contributed by atoms with E-state index in [2.05, 4.69) is 10.1 Å². The van der Waals surface area contributed by atoms with Gasteiger partial charge in [0.2, 0.25) is 0 Å². The van der Waals surface area contributed by atoms with Crippen LogP contribution in [0.25, 0.3) is 0 Å². The fourth-order valence-electron chi connectivity index (χ4n) is 0.927. The third kappa shape index (κ3) is 7.08. The Morgan fingerprint density at radius 1 is 1.27 bits per heavy atom. The van der Waals surface area contributed by atoms with Crippen LogP contribution in [0.5, 0.6) is 0 Å². The van der Waals surface area contributed by atoms with Crippen LogP contribution in [0.3, 0.4) is 0 Å². The molecule has 0 saturated carbocycles. The Hall–Kier alpha value is -0.900. The van der Waals surface area contributed by atoms with Gasteiger partial charge in [0.15, 0.2) is 5.78 Å². The molecule has 0 aliphatic heterocycles. The van der Waals surface area contributed by atoms with Crippen LogP contribution in [-0.2, 0) is 14.3 Å². The molecule has 0 aromatic carbocycles. The van der Waals surface area contributed by atoms with Crippen LogP contribution in [0.15, 0.2) is 0 Å². The standard InChI is InChI=1S/C11H21NO3/c1-11(2,3)9(13)8-12-7-5-6-10(14)15-4/h12H,5-8H2,1-4H3. The summed E-state index contributed by atoms with van der Waals surface area (Å²) in [6.45, 7) is 6.71. The van der Waals surface area contributed by atoms with Gasteiger partial charge in [-0.05, 0) is 13.0 Å². The van der Waals surface area contributed by atoms with E-state index in [4.69, 9.17) is 0 Å². The Morgan fingerprint density at radius 2 is 1.87 bits per heavy atom. The second kappa shape index (κ2) is 6.56. The molecule has 0 heterocycles.